The lowest BCUT2D eigenvalue weighted by atomic mass is 10.1. The van der Waals surface area contributed by atoms with E-state index in [4.69, 9.17) is 0 Å². The number of thiophene rings is 1. The molecule has 0 aliphatic heterocycles. The Bertz CT molecular complexity index is 616. The quantitative estimate of drug-likeness (QED) is 0.512. The standard InChI is InChI=1S/C13H9BrO3S/c14-13-6-5-12(18-13)11(17)3-1-8-7-9(15)2-4-10(8)16/h1-7,15-16H/b3-1+. The summed E-state index contributed by atoms with van der Waals surface area (Å²) in [6.45, 7) is 0. The molecular formula is C13H9BrO3S. The number of rotatable bonds is 3. The van der Waals surface area contributed by atoms with Crippen LogP contribution in [0.5, 0.6) is 11.5 Å². The van der Waals surface area contributed by atoms with Crippen molar-refractivity contribution in [3.05, 3.63) is 50.6 Å². The molecule has 2 aromatic rings. The second-order valence-corrected chi connectivity index (χ2v) is 6.01. The Morgan fingerprint density at radius 1 is 1.22 bits per heavy atom. The van der Waals surface area contributed by atoms with Crippen molar-refractivity contribution in [2.45, 2.75) is 0 Å². The van der Waals surface area contributed by atoms with E-state index in [0.717, 1.165) is 3.79 Å². The maximum absolute atomic E-state index is 11.8. The molecule has 92 valence electrons. The second-order valence-electron chi connectivity index (χ2n) is 3.54. The lowest BCUT2D eigenvalue weighted by molar-refractivity contribution is 0.105. The molecule has 1 aromatic heterocycles. The Hall–Kier alpha value is -1.59. The topological polar surface area (TPSA) is 57.5 Å². The lowest BCUT2D eigenvalue weighted by Gasteiger charge is -1.99. The number of hydrogen-bond acceptors (Lipinski definition) is 4. The van der Waals surface area contributed by atoms with E-state index in [1.165, 1.54) is 41.7 Å². The summed E-state index contributed by atoms with van der Waals surface area (Å²) >= 11 is 4.63. The molecular weight excluding hydrogens is 316 g/mol. The number of hydrogen-bond donors (Lipinski definition) is 2. The predicted octanol–water partition coefficient (Wildman–Crippen LogP) is 3.82. The van der Waals surface area contributed by atoms with Crippen LogP contribution in [0.4, 0.5) is 0 Å². The van der Waals surface area contributed by atoms with Crippen LogP contribution in [-0.2, 0) is 0 Å². The highest BCUT2D eigenvalue weighted by molar-refractivity contribution is 9.11. The van der Waals surface area contributed by atoms with Crippen molar-refractivity contribution in [3.63, 3.8) is 0 Å². The van der Waals surface area contributed by atoms with Crippen LogP contribution in [0.1, 0.15) is 15.2 Å². The van der Waals surface area contributed by atoms with Gasteiger partial charge in [-0.15, -0.1) is 11.3 Å². The highest BCUT2D eigenvalue weighted by Gasteiger charge is 2.05. The lowest BCUT2D eigenvalue weighted by Crippen LogP contribution is -1.88. The molecule has 0 radical (unpaired) electrons. The summed E-state index contributed by atoms with van der Waals surface area (Å²) in [5, 5.41) is 18.8. The molecule has 0 saturated carbocycles. The highest BCUT2D eigenvalue weighted by Crippen LogP contribution is 2.25. The monoisotopic (exact) mass is 324 g/mol. The zero-order valence-corrected chi connectivity index (χ0v) is 11.5. The van der Waals surface area contributed by atoms with Crippen LogP contribution in [0.3, 0.4) is 0 Å². The minimum absolute atomic E-state index is 0.0178. The van der Waals surface area contributed by atoms with Crippen molar-refractivity contribution < 1.29 is 15.0 Å². The molecule has 2 N–H and O–H groups in total. The number of phenolic OH excluding ortho intramolecular Hbond substituents is 2. The van der Waals surface area contributed by atoms with Gasteiger partial charge in [-0.1, -0.05) is 0 Å². The molecule has 0 atom stereocenters. The molecule has 5 heteroatoms. The van der Waals surface area contributed by atoms with Gasteiger partial charge in [-0.05, 0) is 58.4 Å². The Morgan fingerprint density at radius 3 is 2.67 bits per heavy atom. The largest absolute Gasteiger partial charge is 0.508 e. The van der Waals surface area contributed by atoms with E-state index in [1.54, 1.807) is 12.1 Å². The van der Waals surface area contributed by atoms with Gasteiger partial charge in [0.05, 0.1) is 8.66 Å². The molecule has 0 bridgehead atoms. The van der Waals surface area contributed by atoms with Crippen LogP contribution < -0.4 is 0 Å². The number of phenols is 2. The smallest absolute Gasteiger partial charge is 0.195 e. The number of aromatic hydroxyl groups is 2. The zero-order chi connectivity index (χ0) is 13.1. The van der Waals surface area contributed by atoms with E-state index in [9.17, 15) is 15.0 Å². The van der Waals surface area contributed by atoms with Gasteiger partial charge in [0.25, 0.3) is 0 Å². The first-order chi connectivity index (χ1) is 8.56. The van der Waals surface area contributed by atoms with Crippen molar-refractivity contribution in [2.24, 2.45) is 0 Å². The first kappa shape index (κ1) is 12.9. The summed E-state index contributed by atoms with van der Waals surface area (Å²) < 4.78 is 0.888. The number of carbonyl (C=O) groups is 1. The molecule has 0 aliphatic rings. The fourth-order valence-corrected chi connectivity index (χ4v) is 2.68. The Morgan fingerprint density at radius 2 is 2.00 bits per heavy atom. The summed E-state index contributed by atoms with van der Waals surface area (Å²) in [5.74, 6) is -0.0866. The van der Waals surface area contributed by atoms with Crippen LogP contribution in [0.25, 0.3) is 6.08 Å². The third-order valence-electron chi connectivity index (χ3n) is 2.24. The van der Waals surface area contributed by atoms with Crippen LogP contribution in [0, 0.1) is 0 Å². The molecule has 0 fully saturated rings. The van der Waals surface area contributed by atoms with Crippen molar-refractivity contribution >= 4 is 39.1 Å². The Kier molecular flexibility index (Phi) is 3.84. The highest BCUT2D eigenvalue weighted by atomic mass is 79.9. The van der Waals surface area contributed by atoms with Crippen LogP contribution in [0.15, 0.2) is 40.2 Å². The van der Waals surface area contributed by atoms with Crippen molar-refractivity contribution in [3.8, 4) is 11.5 Å². The van der Waals surface area contributed by atoms with E-state index < -0.39 is 0 Å². The van der Waals surface area contributed by atoms with E-state index in [2.05, 4.69) is 15.9 Å². The SMILES string of the molecule is O=C(/C=C/c1cc(O)ccc1O)c1ccc(Br)s1. The molecule has 0 aliphatic carbocycles. The van der Waals surface area contributed by atoms with Gasteiger partial charge >= 0.3 is 0 Å². The molecule has 1 heterocycles. The number of halogens is 1. The third-order valence-corrected chi connectivity index (χ3v) is 3.88. The molecule has 0 unspecified atom stereocenters. The van der Waals surface area contributed by atoms with Crippen molar-refractivity contribution in [1.29, 1.82) is 0 Å². The minimum Gasteiger partial charge on any atom is -0.508 e. The van der Waals surface area contributed by atoms with Gasteiger partial charge in [-0.2, -0.15) is 0 Å². The van der Waals surface area contributed by atoms with Crippen LogP contribution in [0.2, 0.25) is 0 Å². The summed E-state index contributed by atoms with van der Waals surface area (Å²) in [7, 11) is 0. The van der Waals surface area contributed by atoms with Crippen LogP contribution >= 0.6 is 27.3 Å². The molecule has 1 aromatic carbocycles. The average molecular weight is 325 g/mol. The van der Waals surface area contributed by atoms with Crippen LogP contribution in [-0.4, -0.2) is 16.0 Å². The van der Waals surface area contributed by atoms with E-state index >= 15 is 0 Å². The Balaban J connectivity index is 2.20. The number of ketones is 1. The molecule has 3 nitrogen and oxygen atoms in total. The average Bonchev–Trinajstić information content (AvgIpc) is 2.77. The summed E-state index contributed by atoms with van der Waals surface area (Å²) in [5.41, 5.74) is 0.402. The second kappa shape index (κ2) is 5.37. The van der Waals surface area contributed by atoms with Gasteiger partial charge in [-0.3, -0.25) is 4.79 Å². The molecule has 0 amide bonds. The van der Waals surface area contributed by atoms with E-state index in [1.807, 2.05) is 0 Å². The number of benzene rings is 1. The van der Waals surface area contributed by atoms with Gasteiger partial charge < -0.3 is 10.2 Å². The summed E-state index contributed by atoms with van der Waals surface area (Å²) in [4.78, 5) is 12.4. The van der Waals surface area contributed by atoms with Gasteiger partial charge in [0.15, 0.2) is 5.78 Å². The van der Waals surface area contributed by atoms with Gasteiger partial charge in [0.2, 0.25) is 0 Å². The Labute approximate surface area is 116 Å². The zero-order valence-electron chi connectivity index (χ0n) is 9.13. The van der Waals surface area contributed by atoms with E-state index in [-0.39, 0.29) is 17.3 Å². The summed E-state index contributed by atoms with van der Waals surface area (Å²) in [6, 6.07) is 7.68. The third kappa shape index (κ3) is 3.00. The van der Waals surface area contributed by atoms with Gasteiger partial charge in [0, 0.05) is 5.56 Å². The molecule has 2 rings (SSSR count). The predicted molar refractivity (Wildman–Crippen MR) is 75.2 cm³/mol. The van der Waals surface area contributed by atoms with E-state index in [0.29, 0.717) is 10.4 Å². The molecule has 18 heavy (non-hydrogen) atoms. The van der Waals surface area contributed by atoms with Crippen molar-refractivity contribution in [2.75, 3.05) is 0 Å². The first-order valence-electron chi connectivity index (χ1n) is 5.06. The fourth-order valence-electron chi connectivity index (χ4n) is 1.37. The molecule has 0 saturated heterocycles. The minimum atomic E-state index is -0.145. The van der Waals surface area contributed by atoms with Gasteiger partial charge in [-0.25, -0.2) is 0 Å². The van der Waals surface area contributed by atoms with Crippen molar-refractivity contribution in [1.82, 2.24) is 0 Å². The number of carbonyl (C=O) groups excluding carboxylic acids is 1. The maximum Gasteiger partial charge on any atom is 0.195 e. The normalized spacial score (nSPS) is 10.9. The summed E-state index contributed by atoms with van der Waals surface area (Å²) in [6.07, 6.45) is 2.85. The van der Waals surface area contributed by atoms with Gasteiger partial charge in [0.1, 0.15) is 11.5 Å². The fraction of sp³-hybridized carbons (Fsp3) is 0. The molecule has 0 spiro atoms. The first-order valence-corrected chi connectivity index (χ1v) is 6.67. The maximum atomic E-state index is 11.8. The number of allylic oxidation sites excluding steroid dienone is 1.